The maximum absolute atomic E-state index is 10.9. The Labute approximate surface area is 121 Å². The van der Waals surface area contributed by atoms with Crippen molar-refractivity contribution in [2.24, 2.45) is 0 Å². The fourth-order valence-corrected chi connectivity index (χ4v) is 2.70. The van der Waals surface area contributed by atoms with E-state index in [1.165, 1.54) is 17.7 Å². The van der Waals surface area contributed by atoms with Gasteiger partial charge in [0.2, 0.25) is 5.88 Å². The van der Waals surface area contributed by atoms with E-state index in [1.807, 2.05) is 11.4 Å². The van der Waals surface area contributed by atoms with E-state index >= 15 is 0 Å². The van der Waals surface area contributed by atoms with E-state index in [1.54, 1.807) is 18.2 Å². The third kappa shape index (κ3) is 2.36. The van der Waals surface area contributed by atoms with Crippen molar-refractivity contribution in [1.29, 1.82) is 0 Å². The van der Waals surface area contributed by atoms with Crippen molar-refractivity contribution in [3.05, 3.63) is 46.0 Å². The molecule has 0 atom stereocenters. The van der Waals surface area contributed by atoms with Crippen LogP contribution in [0.5, 0.6) is 11.6 Å². The van der Waals surface area contributed by atoms with Crippen LogP contribution in [0.15, 0.2) is 40.4 Å². The lowest BCUT2D eigenvalue weighted by atomic mass is 10.2. The summed E-state index contributed by atoms with van der Waals surface area (Å²) < 4.78 is 6.46. The van der Waals surface area contributed by atoms with Crippen LogP contribution in [0.2, 0.25) is 0 Å². The molecular formula is C13H7BrN2O2S. The van der Waals surface area contributed by atoms with Gasteiger partial charge in [-0.05, 0) is 29.6 Å². The summed E-state index contributed by atoms with van der Waals surface area (Å²) >= 11 is 4.83. The van der Waals surface area contributed by atoms with Gasteiger partial charge in [-0.2, -0.15) is 0 Å². The van der Waals surface area contributed by atoms with Gasteiger partial charge in [0.1, 0.15) is 16.9 Å². The lowest BCUT2D eigenvalue weighted by Gasteiger charge is -2.06. The fraction of sp³-hybridized carbons (Fsp3) is 0. The quantitative estimate of drug-likeness (QED) is 0.678. The van der Waals surface area contributed by atoms with Gasteiger partial charge in [-0.15, -0.1) is 11.3 Å². The van der Waals surface area contributed by atoms with Crippen LogP contribution in [0.3, 0.4) is 0 Å². The van der Waals surface area contributed by atoms with E-state index in [-0.39, 0.29) is 0 Å². The van der Waals surface area contributed by atoms with Gasteiger partial charge in [0.25, 0.3) is 0 Å². The molecule has 0 aliphatic rings. The van der Waals surface area contributed by atoms with Crippen LogP contribution < -0.4 is 4.74 Å². The molecule has 0 aliphatic heterocycles. The first-order chi connectivity index (χ1) is 9.28. The Morgan fingerprint density at radius 3 is 3.00 bits per heavy atom. The summed E-state index contributed by atoms with van der Waals surface area (Å²) in [5.74, 6) is 1.06. The van der Waals surface area contributed by atoms with Gasteiger partial charge in [0.05, 0.1) is 5.39 Å². The van der Waals surface area contributed by atoms with E-state index in [4.69, 9.17) is 4.74 Å². The fourth-order valence-electron chi connectivity index (χ4n) is 1.64. The number of nitrogens with zero attached hydrogens (tertiary/aromatic N) is 2. The van der Waals surface area contributed by atoms with Crippen molar-refractivity contribution in [2.45, 2.75) is 0 Å². The highest BCUT2D eigenvalue weighted by Gasteiger charge is 2.08. The standard InChI is InChI=1S/C13H7BrN2O2S/c14-11-2-1-9(5-8(11)6-17)18-12-10-3-4-19-13(10)16-7-15-12/h1-7H. The van der Waals surface area contributed by atoms with Crippen LogP contribution in [0, 0.1) is 0 Å². The van der Waals surface area contributed by atoms with E-state index in [9.17, 15) is 4.79 Å². The maximum atomic E-state index is 10.9. The maximum Gasteiger partial charge on any atom is 0.231 e. The lowest BCUT2D eigenvalue weighted by molar-refractivity contribution is 0.112. The number of fused-ring (bicyclic) bond motifs is 1. The Kier molecular flexibility index (Phi) is 3.27. The molecule has 0 aliphatic carbocycles. The molecule has 6 heteroatoms. The number of carbonyl (C=O) groups is 1. The van der Waals surface area contributed by atoms with Gasteiger partial charge in [0.15, 0.2) is 6.29 Å². The van der Waals surface area contributed by atoms with E-state index in [0.29, 0.717) is 17.2 Å². The summed E-state index contributed by atoms with van der Waals surface area (Å²) in [5, 5.41) is 2.80. The molecule has 3 rings (SSSR count). The van der Waals surface area contributed by atoms with Crippen LogP contribution >= 0.6 is 27.3 Å². The minimum absolute atomic E-state index is 0.491. The van der Waals surface area contributed by atoms with Gasteiger partial charge in [-0.25, -0.2) is 9.97 Å². The number of aromatic nitrogens is 2. The molecule has 2 aromatic heterocycles. The van der Waals surface area contributed by atoms with E-state index in [2.05, 4.69) is 25.9 Å². The second-order valence-electron chi connectivity index (χ2n) is 3.72. The van der Waals surface area contributed by atoms with Crippen molar-refractivity contribution in [3.8, 4) is 11.6 Å². The van der Waals surface area contributed by atoms with Crippen molar-refractivity contribution >= 4 is 43.8 Å². The first-order valence-corrected chi connectivity index (χ1v) is 7.06. The second-order valence-corrected chi connectivity index (χ2v) is 5.47. The Hall–Kier alpha value is -1.79. The summed E-state index contributed by atoms with van der Waals surface area (Å²) in [6, 6.07) is 7.12. The SMILES string of the molecule is O=Cc1cc(Oc2ncnc3sccc23)ccc1Br. The first kappa shape index (κ1) is 12.3. The van der Waals surface area contributed by atoms with E-state index < -0.39 is 0 Å². The van der Waals surface area contributed by atoms with E-state index in [0.717, 1.165) is 21.0 Å². The first-order valence-electron chi connectivity index (χ1n) is 5.39. The third-order valence-corrected chi connectivity index (χ3v) is 4.08. The topological polar surface area (TPSA) is 52.1 Å². The van der Waals surface area contributed by atoms with Crippen molar-refractivity contribution in [2.75, 3.05) is 0 Å². The largest absolute Gasteiger partial charge is 0.438 e. The zero-order valence-electron chi connectivity index (χ0n) is 9.54. The summed E-state index contributed by atoms with van der Waals surface area (Å²) in [6.07, 6.45) is 2.24. The number of thiophene rings is 1. The molecule has 0 saturated carbocycles. The molecule has 0 saturated heterocycles. The molecule has 0 spiro atoms. The molecule has 19 heavy (non-hydrogen) atoms. The summed E-state index contributed by atoms with van der Waals surface area (Å²) in [5.41, 5.74) is 0.535. The number of benzene rings is 1. The number of rotatable bonds is 3. The van der Waals surface area contributed by atoms with Crippen LogP contribution in [-0.2, 0) is 0 Å². The third-order valence-electron chi connectivity index (χ3n) is 2.53. The minimum Gasteiger partial charge on any atom is -0.438 e. The lowest BCUT2D eigenvalue weighted by Crippen LogP contribution is -1.91. The zero-order valence-corrected chi connectivity index (χ0v) is 11.9. The monoisotopic (exact) mass is 334 g/mol. The molecule has 2 heterocycles. The Morgan fingerprint density at radius 2 is 2.16 bits per heavy atom. The Morgan fingerprint density at radius 1 is 1.26 bits per heavy atom. The highest BCUT2D eigenvalue weighted by Crippen LogP contribution is 2.30. The summed E-state index contributed by atoms with van der Waals surface area (Å²) in [4.78, 5) is 20.0. The smallest absolute Gasteiger partial charge is 0.231 e. The molecule has 4 nitrogen and oxygen atoms in total. The van der Waals surface area contributed by atoms with Gasteiger partial charge in [-0.1, -0.05) is 15.9 Å². The van der Waals surface area contributed by atoms with Crippen LogP contribution in [-0.4, -0.2) is 16.3 Å². The predicted molar refractivity (Wildman–Crippen MR) is 77.0 cm³/mol. The normalized spacial score (nSPS) is 10.6. The molecular weight excluding hydrogens is 328 g/mol. The average Bonchev–Trinajstić information content (AvgIpc) is 2.90. The Balaban J connectivity index is 2.01. The second kappa shape index (κ2) is 5.07. The predicted octanol–water partition coefficient (Wildman–Crippen LogP) is 4.06. The Bertz CT molecular complexity index is 757. The average molecular weight is 335 g/mol. The van der Waals surface area contributed by atoms with Crippen molar-refractivity contribution in [1.82, 2.24) is 9.97 Å². The molecule has 0 bridgehead atoms. The zero-order chi connectivity index (χ0) is 13.2. The number of hydrogen-bond donors (Lipinski definition) is 0. The molecule has 0 unspecified atom stereocenters. The number of hydrogen-bond acceptors (Lipinski definition) is 5. The van der Waals surface area contributed by atoms with Gasteiger partial charge in [0, 0.05) is 10.0 Å². The van der Waals surface area contributed by atoms with Crippen LogP contribution in [0.1, 0.15) is 10.4 Å². The van der Waals surface area contributed by atoms with Crippen LogP contribution in [0.4, 0.5) is 0 Å². The number of carbonyl (C=O) groups excluding carboxylic acids is 1. The molecule has 3 aromatic rings. The molecule has 94 valence electrons. The van der Waals surface area contributed by atoms with Crippen LogP contribution in [0.25, 0.3) is 10.2 Å². The minimum atomic E-state index is 0.491. The number of aldehydes is 1. The number of ether oxygens (including phenoxy) is 1. The number of halogens is 1. The molecule has 0 amide bonds. The molecule has 0 radical (unpaired) electrons. The van der Waals surface area contributed by atoms with Gasteiger partial charge >= 0.3 is 0 Å². The molecule has 0 fully saturated rings. The van der Waals surface area contributed by atoms with Crippen molar-refractivity contribution in [3.63, 3.8) is 0 Å². The highest BCUT2D eigenvalue weighted by molar-refractivity contribution is 9.10. The molecule has 0 N–H and O–H groups in total. The summed E-state index contributed by atoms with van der Waals surface area (Å²) in [6.45, 7) is 0. The molecule has 1 aromatic carbocycles. The van der Waals surface area contributed by atoms with Gasteiger partial charge in [-0.3, -0.25) is 4.79 Å². The highest BCUT2D eigenvalue weighted by atomic mass is 79.9. The van der Waals surface area contributed by atoms with Gasteiger partial charge < -0.3 is 4.74 Å². The van der Waals surface area contributed by atoms with Crippen molar-refractivity contribution < 1.29 is 9.53 Å². The summed E-state index contributed by atoms with van der Waals surface area (Å²) in [7, 11) is 0.